The summed E-state index contributed by atoms with van der Waals surface area (Å²) >= 11 is 0. The minimum Gasteiger partial charge on any atom is -0.379 e. The lowest BCUT2D eigenvalue weighted by Gasteiger charge is -2.34. The molecular weight excluding hydrogens is 412 g/mol. The van der Waals surface area contributed by atoms with Crippen molar-refractivity contribution in [2.75, 3.05) is 59.7 Å². The average Bonchev–Trinajstić information content (AvgIpc) is 3.28. The fourth-order valence-corrected chi connectivity index (χ4v) is 3.44. The summed E-state index contributed by atoms with van der Waals surface area (Å²) in [5.74, 6) is 1.07. The van der Waals surface area contributed by atoms with Crippen LogP contribution >= 0.6 is 0 Å². The van der Waals surface area contributed by atoms with Gasteiger partial charge in [-0.1, -0.05) is 42.8 Å². The van der Waals surface area contributed by atoms with Crippen LogP contribution in [0.2, 0.25) is 0 Å². The first-order chi connectivity index (χ1) is 15.7. The normalized spacial score (nSPS) is 14.8. The molecule has 9 heteroatoms. The average molecular weight is 447 g/mol. The number of aromatic nitrogens is 2. The second-order valence-corrected chi connectivity index (χ2v) is 7.82. The summed E-state index contributed by atoms with van der Waals surface area (Å²) in [7, 11) is 1.59. The lowest BCUT2D eigenvalue weighted by Crippen LogP contribution is -2.49. The Kier molecular flexibility index (Phi) is 10.1. The third-order valence-electron chi connectivity index (χ3n) is 5.32. The number of piperazine rings is 1. The van der Waals surface area contributed by atoms with E-state index >= 15 is 0 Å². The zero-order valence-electron chi connectivity index (χ0n) is 19.1. The molecule has 1 aliphatic heterocycles. The van der Waals surface area contributed by atoms with Gasteiger partial charge in [0.15, 0.2) is 0 Å². The highest BCUT2D eigenvalue weighted by molar-refractivity contribution is 5.77. The first-order valence-corrected chi connectivity index (χ1v) is 11.3. The molecule has 2 heterocycles. The van der Waals surface area contributed by atoms with Crippen LogP contribution in [0, 0.1) is 0 Å². The Labute approximate surface area is 189 Å². The zero-order chi connectivity index (χ0) is 22.6. The van der Waals surface area contributed by atoms with Gasteiger partial charge in [-0.05, 0) is 12.0 Å². The first-order valence-electron chi connectivity index (χ1n) is 11.3. The van der Waals surface area contributed by atoms with Crippen molar-refractivity contribution in [3.05, 3.63) is 35.7 Å². The molecule has 0 radical (unpaired) electrons. The van der Waals surface area contributed by atoms with Crippen LogP contribution in [-0.4, -0.2) is 85.6 Å². The maximum atomic E-state index is 12.3. The van der Waals surface area contributed by atoms with E-state index in [0.29, 0.717) is 31.5 Å². The molecule has 1 aliphatic rings. The van der Waals surface area contributed by atoms with Crippen LogP contribution < -0.4 is 0 Å². The molecule has 0 atom stereocenters. The summed E-state index contributed by atoms with van der Waals surface area (Å²) in [5.41, 5.74) is 2.12. The molecule has 1 amide bonds. The molecule has 1 fully saturated rings. The first kappa shape index (κ1) is 24.3. The van der Waals surface area contributed by atoms with Gasteiger partial charge in [0.25, 0.3) is 5.89 Å². The highest BCUT2D eigenvalue weighted by Gasteiger charge is 2.21. The molecule has 1 aromatic heterocycles. The number of benzene rings is 1. The van der Waals surface area contributed by atoms with Gasteiger partial charge in [-0.15, -0.1) is 0 Å². The Morgan fingerprint density at radius 1 is 1.06 bits per heavy atom. The molecule has 9 nitrogen and oxygen atoms in total. The van der Waals surface area contributed by atoms with Crippen LogP contribution in [0.1, 0.15) is 31.2 Å². The molecule has 1 saturated heterocycles. The minimum atomic E-state index is 0.0514. The molecule has 2 aromatic rings. The Morgan fingerprint density at radius 3 is 2.53 bits per heavy atom. The molecule has 176 valence electrons. The van der Waals surface area contributed by atoms with Gasteiger partial charge in [-0.3, -0.25) is 9.69 Å². The van der Waals surface area contributed by atoms with Crippen molar-refractivity contribution < 1.29 is 23.5 Å². The highest BCUT2D eigenvalue weighted by Crippen LogP contribution is 2.18. The summed E-state index contributed by atoms with van der Waals surface area (Å²) in [6.45, 7) is 8.30. The van der Waals surface area contributed by atoms with E-state index in [1.807, 2.05) is 17.0 Å². The number of unbranched alkanes of at least 4 members (excludes halogenated alkanes) is 1. The quantitative estimate of drug-likeness (QED) is 0.433. The molecule has 0 spiro atoms. The van der Waals surface area contributed by atoms with E-state index in [0.717, 1.165) is 57.7 Å². The summed E-state index contributed by atoms with van der Waals surface area (Å²) in [5, 5.41) is 3.99. The van der Waals surface area contributed by atoms with E-state index in [1.165, 1.54) is 5.56 Å². The van der Waals surface area contributed by atoms with Crippen molar-refractivity contribution in [3.63, 3.8) is 0 Å². The zero-order valence-corrected chi connectivity index (χ0v) is 19.1. The van der Waals surface area contributed by atoms with E-state index in [9.17, 15) is 4.79 Å². The Hall–Kier alpha value is -2.33. The maximum Gasteiger partial charge on any atom is 0.252 e. The van der Waals surface area contributed by atoms with E-state index in [4.69, 9.17) is 18.7 Å². The molecule has 0 unspecified atom stereocenters. The predicted octanol–water partition coefficient (Wildman–Crippen LogP) is 2.36. The lowest BCUT2D eigenvalue weighted by atomic mass is 10.1. The van der Waals surface area contributed by atoms with Crippen LogP contribution in [0.15, 0.2) is 28.8 Å². The third-order valence-corrected chi connectivity index (χ3v) is 5.32. The molecule has 0 saturated carbocycles. The van der Waals surface area contributed by atoms with Gasteiger partial charge in [0.2, 0.25) is 11.7 Å². The summed E-state index contributed by atoms with van der Waals surface area (Å²) in [4.78, 5) is 20.9. The van der Waals surface area contributed by atoms with Gasteiger partial charge >= 0.3 is 0 Å². The van der Waals surface area contributed by atoms with Crippen LogP contribution in [0.3, 0.4) is 0 Å². The lowest BCUT2D eigenvalue weighted by molar-refractivity contribution is -0.138. The van der Waals surface area contributed by atoms with Crippen LogP contribution in [0.5, 0.6) is 0 Å². The number of methoxy groups -OCH3 is 1. The van der Waals surface area contributed by atoms with Crippen molar-refractivity contribution >= 4 is 5.91 Å². The SMILES string of the molecule is CCCCOCCOCC(=O)N1CCN(Cc2ccc(-c3noc(COC)n3)cc2)CC1. The Morgan fingerprint density at radius 2 is 1.81 bits per heavy atom. The number of carbonyl (C=O) groups excluding carboxylic acids is 1. The topological polar surface area (TPSA) is 90.2 Å². The number of hydrogen-bond donors (Lipinski definition) is 0. The standard InChI is InChI=1S/C23H34N4O5/c1-3-4-13-30-14-15-31-18-22(28)27-11-9-26(10-12-27)16-19-5-7-20(8-6-19)23-24-21(17-29-2)32-25-23/h5-8H,3-4,9-18H2,1-2H3. The van der Waals surface area contributed by atoms with Gasteiger partial charge in [0.1, 0.15) is 13.2 Å². The second-order valence-electron chi connectivity index (χ2n) is 7.82. The molecule has 0 bridgehead atoms. The highest BCUT2D eigenvalue weighted by atomic mass is 16.5. The maximum absolute atomic E-state index is 12.3. The minimum absolute atomic E-state index is 0.0514. The molecule has 0 N–H and O–H groups in total. The van der Waals surface area contributed by atoms with Crippen molar-refractivity contribution in [1.82, 2.24) is 19.9 Å². The largest absolute Gasteiger partial charge is 0.379 e. The van der Waals surface area contributed by atoms with Crippen LogP contribution in [-0.2, 0) is 32.2 Å². The molecule has 32 heavy (non-hydrogen) atoms. The fourth-order valence-electron chi connectivity index (χ4n) is 3.44. The van der Waals surface area contributed by atoms with Crippen molar-refractivity contribution in [2.45, 2.75) is 32.9 Å². The third kappa shape index (κ3) is 7.67. The molecule has 3 rings (SSSR count). The predicted molar refractivity (Wildman–Crippen MR) is 119 cm³/mol. The molecular formula is C23H34N4O5. The van der Waals surface area contributed by atoms with E-state index in [2.05, 4.69) is 34.1 Å². The van der Waals surface area contributed by atoms with Gasteiger partial charge < -0.3 is 23.6 Å². The van der Waals surface area contributed by atoms with Gasteiger partial charge in [0.05, 0.1) is 13.2 Å². The molecule has 0 aliphatic carbocycles. The van der Waals surface area contributed by atoms with E-state index in [-0.39, 0.29) is 12.5 Å². The number of rotatable bonds is 13. The summed E-state index contributed by atoms with van der Waals surface area (Å²) in [6, 6.07) is 8.16. The Balaban J connectivity index is 1.35. The van der Waals surface area contributed by atoms with Gasteiger partial charge in [-0.25, -0.2) is 0 Å². The van der Waals surface area contributed by atoms with Crippen molar-refractivity contribution in [3.8, 4) is 11.4 Å². The fraction of sp³-hybridized carbons (Fsp3) is 0.609. The van der Waals surface area contributed by atoms with Gasteiger partial charge in [0, 0.05) is 52.0 Å². The number of hydrogen-bond acceptors (Lipinski definition) is 8. The number of carbonyl (C=O) groups is 1. The summed E-state index contributed by atoms with van der Waals surface area (Å²) < 4.78 is 21.1. The summed E-state index contributed by atoms with van der Waals surface area (Å²) in [6.07, 6.45) is 2.18. The number of amides is 1. The van der Waals surface area contributed by atoms with Crippen LogP contribution in [0.25, 0.3) is 11.4 Å². The Bertz CT molecular complexity index is 803. The monoisotopic (exact) mass is 446 g/mol. The number of ether oxygens (including phenoxy) is 3. The van der Waals surface area contributed by atoms with Crippen LogP contribution in [0.4, 0.5) is 0 Å². The van der Waals surface area contributed by atoms with E-state index in [1.54, 1.807) is 7.11 Å². The van der Waals surface area contributed by atoms with E-state index < -0.39 is 0 Å². The smallest absolute Gasteiger partial charge is 0.252 e. The van der Waals surface area contributed by atoms with Crippen molar-refractivity contribution in [1.29, 1.82) is 0 Å². The molecule has 1 aromatic carbocycles. The van der Waals surface area contributed by atoms with Crippen molar-refractivity contribution in [2.24, 2.45) is 0 Å². The van der Waals surface area contributed by atoms with Gasteiger partial charge in [-0.2, -0.15) is 4.98 Å². The number of nitrogens with zero attached hydrogens (tertiary/aromatic N) is 4. The second kappa shape index (κ2) is 13.3.